The molecule has 0 spiro atoms. The highest BCUT2D eigenvalue weighted by Crippen LogP contribution is 2.21. The fourth-order valence-corrected chi connectivity index (χ4v) is 3.03. The Morgan fingerprint density at radius 2 is 1.77 bits per heavy atom. The minimum absolute atomic E-state index is 0.0399. The van der Waals surface area contributed by atoms with Crippen LogP contribution in [0.3, 0.4) is 0 Å². The lowest BCUT2D eigenvalue weighted by Crippen LogP contribution is -2.48. The van der Waals surface area contributed by atoms with Crippen LogP contribution >= 0.6 is 0 Å². The largest absolute Gasteiger partial charge is 0.481 e. The van der Waals surface area contributed by atoms with Gasteiger partial charge in [-0.1, -0.05) is 0 Å². The summed E-state index contributed by atoms with van der Waals surface area (Å²) in [5.41, 5.74) is -0.532. The van der Waals surface area contributed by atoms with Gasteiger partial charge in [-0.25, -0.2) is 4.79 Å². The molecule has 2 aliphatic rings. The summed E-state index contributed by atoms with van der Waals surface area (Å²) in [6, 6.07) is -0.378. The highest BCUT2D eigenvalue weighted by Gasteiger charge is 2.36. The Labute approximate surface area is 155 Å². The molecule has 2 rings (SSSR count). The van der Waals surface area contributed by atoms with Crippen LogP contribution in [0, 0.1) is 5.92 Å². The first-order valence-corrected chi connectivity index (χ1v) is 9.27. The number of carbonyl (C=O) groups excluding carboxylic acids is 2. The molecule has 0 aromatic rings. The molecule has 1 atom stereocenters. The Hall–Kier alpha value is -1.83. The quantitative estimate of drug-likeness (QED) is 0.695. The van der Waals surface area contributed by atoms with E-state index in [-0.39, 0.29) is 18.0 Å². The van der Waals surface area contributed by atoms with E-state index >= 15 is 0 Å². The van der Waals surface area contributed by atoms with Crippen LogP contribution in [0.15, 0.2) is 0 Å². The summed E-state index contributed by atoms with van der Waals surface area (Å²) < 4.78 is 5.40. The first-order valence-electron chi connectivity index (χ1n) is 9.27. The van der Waals surface area contributed by atoms with Crippen molar-refractivity contribution in [1.29, 1.82) is 0 Å². The van der Waals surface area contributed by atoms with Crippen LogP contribution in [0.5, 0.6) is 0 Å². The first kappa shape index (κ1) is 22.2. The molecule has 2 heterocycles. The van der Waals surface area contributed by atoms with Crippen LogP contribution in [0.1, 0.15) is 53.4 Å². The van der Waals surface area contributed by atoms with E-state index in [1.165, 1.54) is 0 Å². The topological polar surface area (TPSA) is 108 Å². The second-order valence-corrected chi connectivity index (χ2v) is 7.79. The molecule has 0 saturated carbocycles. The molecule has 150 valence electrons. The average molecular weight is 371 g/mol. The van der Waals surface area contributed by atoms with Gasteiger partial charge in [-0.3, -0.25) is 14.5 Å². The molecule has 0 unspecified atom stereocenters. The summed E-state index contributed by atoms with van der Waals surface area (Å²) in [4.78, 5) is 35.2. The molecule has 0 aromatic heterocycles. The number of likely N-dealkylation sites (tertiary alicyclic amines) is 1. The summed E-state index contributed by atoms with van der Waals surface area (Å²) >= 11 is 0. The Morgan fingerprint density at radius 3 is 2.31 bits per heavy atom. The summed E-state index contributed by atoms with van der Waals surface area (Å²) in [6.45, 7) is 9.95. The van der Waals surface area contributed by atoms with Gasteiger partial charge in [0, 0.05) is 20.0 Å². The van der Waals surface area contributed by atoms with Gasteiger partial charge in [0.05, 0.1) is 0 Å². The van der Waals surface area contributed by atoms with E-state index in [1.807, 2.05) is 20.8 Å². The van der Waals surface area contributed by atoms with Gasteiger partial charge in [-0.15, -0.1) is 0 Å². The summed E-state index contributed by atoms with van der Waals surface area (Å²) in [7, 11) is 0. The zero-order valence-corrected chi connectivity index (χ0v) is 16.3. The Balaban J connectivity index is 0.000000765. The van der Waals surface area contributed by atoms with Crippen LogP contribution in [-0.2, 0) is 14.3 Å². The molecule has 0 radical (unpaired) electrons. The molecule has 2 saturated heterocycles. The minimum Gasteiger partial charge on any atom is -0.481 e. The molecule has 2 aliphatic heterocycles. The predicted octanol–water partition coefficient (Wildman–Crippen LogP) is 1.59. The normalized spacial score (nSPS) is 20.8. The van der Waals surface area contributed by atoms with Gasteiger partial charge < -0.3 is 20.5 Å². The lowest BCUT2D eigenvalue weighted by Gasteiger charge is -2.29. The second kappa shape index (κ2) is 10.4. The number of carbonyl (C=O) groups is 3. The van der Waals surface area contributed by atoms with E-state index in [0.717, 1.165) is 45.7 Å². The number of carboxylic acids is 1. The number of aliphatic carboxylic acids is 1. The Kier molecular flexibility index (Phi) is 8.84. The number of piperidine rings is 1. The van der Waals surface area contributed by atoms with Crippen molar-refractivity contribution in [3.05, 3.63) is 0 Å². The SMILES string of the molecule is CC(=O)O.CC(C)(C)OC(=O)N1CCC[C@H]1C(=O)NCC1CCNCC1. The molecule has 0 aromatic carbocycles. The molecule has 0 aliphatic carbocycles. The summed E-state index contributed by atoms with van der Waals surface area (Å²) in [5.74, 6) is -0.330. The van der Waals surface area contributed by atoms with Crippen LogP contribution in [0.25, 0.3) is 0 Å². The van der Waals surface area contributed by atoms with Crippen LogP contribution in [-0.4, -0.2) is 65.8 Å². The Bertz CT molecular complexity index is 480. The van der Waals surface area contributed by atoms with E-state index in [9.17, 15) is 9.59 Å². The van der Waals surface area contributed by atoms with E-state index in [1.54, 1.807) is 4.90 Å². The number of ether oxygens (including phenoxy) is 1. The minimum atomic E-state index is -0.833. The van der Waals surface area contributed by atoms with Gasteiger partial charge in [0.2, 0.25) is 5.91 Å². The molecular weight excluding hydrogens is 338 g/mol. The molecule has 2 fully saturated rings. The van der Waals surface area contributed by atoms with Crippen molar-refractivity contribution in [1.82, 2.24) is 15.5 Å². The standard InChI is InChI=1S/C16H29N3O3.C2H4O2/c1-16(2,3)22-15(21)19-10-4-5-13(19)14(20)18-11-12-6-8-17-9-7-12;1-2(3)4/h12-13,17H,4-11H2,1-3H3,(H,18,20);1H3,(H,3,4)/t13-;/m0./s1. The maximum Gasteiger partial charge on any atom is 0.410 e. The molecule has 26 heavy (non-hydrogen) atoms. The fourth-order valence-electron chi connectivity index (χ4n) is 3.03. The van der Waals surface area contributed by atoms with Gasteiger partial charge in [0.1, 0.15) is 11.6 Å². The van der Waals surface area contributed by atoms with Gasteiger partial charge in [-0.2, -0.15) is 0 Å². The number of nitrogens with zero attached hydrogens (tertiary/aromatic N) is 1. The van der Waals surface area contributed by atoms with E-state index in [2.05, 4.69) is 10.6 Å². The fraction of sp³-hybridized carbons (Fsp3) is 0.833. The molecule has 2 amide bonds. The Morgan fingerprint density at radius 1 is 1.19 bits per heavy atom. The van der Waals surface area contributed by atoms with Crippen molar-refractivity contribution in [2.24, 2.45) is 5.92 Å². The van der Waals surface area contributed by atoms with Crippen LogP contribution in [0.2, 0.25) is 0 Å². The first-order chi connectivity index (χ1) is 12.1. The van der Waals surface area contributed by atoms with Gasteiger partial charge in [0.25, 0.3) is 5.97 Å². The number of rotatable bonds is 3. The van der Waals surface area contributed by atoms with Gasteiger partial charge in [-0.05, 0) is 65.5 Å². The van der Waals surface area contributed by atoms with Crippen molar-refractivity contribution in [3.63, 3.8) is 0 Å². The van der Waals surface area contributed by atoms with Crippen molar-refractivity contribution >= 4 is 18.0 Å². The molecular formula is C18H33N3O5. The van der Waals surface area contributed by atoms with E-state index < -0.39 is 11.6 Å². The van der Waals surface area contributed by atoms with Crippen LogP contribution in [0.4, 0.5) is 4.79 Å². The smallest absolute Gasteiger partial charge is 0.410 e. The number of nitrogens with one attached hydrogen (secondary N) is 2. The van der Waals surface area contributed by atoms with Crippen LogP contribution < -0.4 is 10.6 Å². The summed E-state index contributed by atoms with van der Waals surface area (Å²) in [5, 5.41) is 13.8. The average Bonchev–Trinajstić information content (AvgIpc) is 3.01. The molecule has 3 N–H and O–H groups in total. The third-order valence-corrected chi connectivity index (χ3v) is 4.21. The van der Waals surface area contributed by atoms with Crippen molar-refractivity contribution in [2.75, 3.05) is 26.2 Å². The van der Waals surface area contributed by atoms with Crippen molar-refractivity contribution in [3.8, 4) is 0 Å². The maximum atomic E-state index is 12.4. The number of amides is 2. The lowest BCUT2D eigenvalue weighted by molar-refractivity contribution is -0.134. The van der Waals surface area contributed by atoms with Gasteiger partial charge in [0.15, 0.2) is 0 Å². The third-order valence-electron chi connectivity index (χ3n) is 4.21. The third kappa shape index (κ3) is 8.51. The lowest BCUT2D eigenvalue weighted by atomic mass is 9.98. The highest BCUT2D eigenvalue weighted by atomic mass is 16.6. The highest BCUT2D eigenvalue weighted by molar-refractivity contribution is 5.86. The number of carboxylic acid groups (broad SMARTS) is 1. The maximum absolute atomic E-state index is 12.4. The summed E-state index contributed by atoms with van der Waals surface area (Å²) in [6.07, 6.45) is 3.38. The van der Waals surface area contributed by atoms with Gasteiger partial charge >= 0.3 is 6.09 Å². The zero-order chi connectivity index (χ0) is 19.7. The van der Waals surface area contributed by atoms with E-state index in [0.29, 0.717) is 19.0 Å². The second-order valence-electron chi connectivity index (χ2n) is 7.79. The zero-order valence-electron chi connectivity index (χ0n) is 16.3. The molecule has 8 heteroatoms. The van der Waals surface area contributed by atoms with Crippen molar-refractivity contribution < 1.29 is 24.2 Å². The van der Waals surface area contributed by atoms with Crippen molar-refractivity contribution in [2.45, 2.75) is 65.0 Å². The number of hydrogen-bond donors (Lipinski definition) is 3. The predicted molar refractivity (Wildman–Crippen MR) is 97.9 cm³/mol. The van der Waals surface area contributed by atoms with E-state index in [4.69, 9.17) is 14.6 Å². The molecule has 0 bridgehead atoms. The monoisotopic (exact) mass is 371 g/mol. The number of hydrogen-bond acceptors (Lipinski definition) is 5. The molecule has 8 nitrogen and oxygen atoms in total.